The zero-order valence-corrected chi connectivity index (χ0v) is 15.8. The van der Waals surface area contributed by atoms with Crippen LogP contribution in [-0.2, 0) is 6.54 Å². The van der Waals surface area contributed by atoms with Crippen molar-refractivity contribution in [3.8, 4) is 17.0 Å². The van der Waals surface area contributed by atoms with Gasteiger partial charge in [0.25, 0.3) is 0 Å². The van der Waals surface area contributed by atoms with Gasteiger partial charge in [-0.2, -0.15) is 0 Å². The van der Waals surface area contributed by atoms with Crippen LogP contribution in [0.4, 0.5) is 16.3 Å². The van der Waals surface area contributed by atoms with Gasteiger partial charge in [0, 0.05) is 31.0 Å². The minimum Gasteiger partial charge on any atom is -0.495 e. The number of urea groups is 1. The molecule has 0 aliphatic heterocycles. The molecule has 0 spiro atoms. The summed E-state index contributed by atoms with van der Waals surface area (Å²) in [6, 6.07) is 9.05. The van der Waals surface area contributed by atoms with Crippen molar-refractivity contribution in [1.29, 1.82) is 0 Å². The summed E-state index contributed by atoms with van der Waals surface area (Å²) in [5, 5.41) is 8.69. The van der Waals surface area contributed by atoms with E-state index in [0.29, 0.717) is 36.0 Å². The quantitative estimate of drug-likeness (QED) is 0.583. The SMILES string of the molecule is CCNC(=O)Nc1ccc(-c2cncc(NCc3cccnc3)n2)cc1OC. The summed E-state index contributed by atoms with van der Waals surface area (Å²) < 4.78 is 5.41. The van der Waals surface area contributed by atoms with Crippen molar-refractivity contribution in [2.24, 2.45) is 0 Å². The van der Waals surface area contributed by atoms with E-state index in [1.165, 1.54) is 0 Å². The number of anilines is 2. The summed E-state index contributed by atoms with van der Waals surface area (Å²) in [4.78, 5) is 24.7. The first-order valence-corrected chi connectivity index (χ1v) is 8.87. The fraction of sp³-hybridized carbons (Fsp3) is 0.200. The molecule has 0 bridgehead atoms. The van der Waals surface area contributed by atoms with Crippen molar-refractivity contribution in [2.45, 2.75) is 13.5 Å². The highest BCUT2D eigenvalue weighted by Gasteiger charge is 2.10. The molecule has 144 valence electrons. The monoisotopic (exact) mass is 378 g/mol. The zero-order chi connectivity index (χ0) is 19.8. The molecule has 0 fully saturated rings. The second-order valence-corrected chi connectivity index (χ2v) is 5.90. The summed E-state index contributed by atoms with van der Waals surface area (Å²) in [6.45, 7) is 3.00. The van der Waals surface area contributed by atoms with Gasteiger partial charge in [0.2, 0.25) is 0 Å². The first-order valence-electron chi connectivity index (χ1n) is 8.87. The molecule has 3 aromatic rings. The van der Waals surface area contributed by atoms with E-state index in [2.05, 4.69) is 30.9 Å². The van der Waals surface area contributed by atoms with Crippen molar-refractivity contribution in [3.63, 3.8) is 0 Å². The maximum absolute atomic E-state index is 11.8. The summed E-state index contributed by atoms with van der Waals surface area (Å²) >= 11 is 0. The molecule has 2 heterocycles. The van der Waals surface area contributed by atoms with Crippen LogP contribution in [0.3, 0.4) is 0 Å². The number of pyridine rings is 1. The third kappa shape index (κ3) is 4.94. The number of nitrogens with one attached hydrogen (secondary N) is 3. The molecule has 3 N–H and O–H groups in total. The van der Waals surface area contributed by atoms with Crippen LogP contribution in [0.1, 0.15) is 12.5 Å². The number of carbonyl (C=O) groups is 1. The summed E-state index contributed by atoms with van der Waals surface area (Å²) in [6.07, 6.45) is 6.89. The van der Waals surface area contributed by atoms with Crippen molar-refractivity contribution in [3.05, 3.63) is 60.7 Å². The zero-order valence-electron chi connectivity index (χ0n) is 15.8. The van der Waals surface area contributed by atoms with Crippen LogP contribution < -0.4 is 20.7 Å². The van der Waals surface area contributed by atoms with E-state index in [9.17, 15) is 4.79 Å². The number of hydrogen-bond donors (Lipinski definition) is 3. The number of amides is 2. The van der Waals surface area contributed by atoms with Gasteiger partial charge in [0.15, 0.2) is 0 Å². The van der Waals surface area contributed by atoms with Gasteiger partial charge in [-0.05, 0) is 30.7 Å². The largest absolute Gasteiger partial charge is 0.495 e. The Morgan fingerprint density at radius 2 is 2.04 bits per heavy atom. The molecular weight excluding hydrogens is 356 g/mol. The molecule has 0 radical (unpaired) electrons. The van der Waals surface area contributed by atoms with Crippen LogP contribution >= 0.6 is 0 Å². The van der Waals surface area contributed by atoms with E-state index in [1.54, 1.807) is 38.0 Å². The first kappa shape index (κ1) is 19.1. The Bertz CT molecular complexity index is 933. The lowest BCUT2D eigenvalue weighted by Crippen LogP contribution is -2.28. The van der Waals surface area contributed by atoms with Crippen LogP contribution in [0.2, 0.25) is 0 Å². The third-order valence-corrected chi connectivity index (χ3v) is 3.91. The number of nitrogens with zero attached hydrogens (tertiary/aromatic N) is 3. The molecule has 28 heavy (non-hydrogen) atoms. The van der Waals surface area contributed by atoms with Gasteiger partial charge in [-0.15, -0.1) is 0 Å². The Morgan fingerprint density at radius 3 is 2.79 bits per heavy atom. The number of aromatic nitrogens is 3. The molecule has 0 saturated carbocycles. The van der Waals surface area contributed by atoms with Gasteiger partial charge >= 0.3 is 6.03 Å². The molecule has 2 amide bonds. The van der Waals surface area contributed by atoms with Gasteiger partial charge in [0.1, 0.15) is 11.6 Å². The number of benzene rings is 1. The molecule has 0 unspecified atom stereocenters. The van der Waals surface area contributed by atoms with Gasteiger partial charge < -0.3 is 20.7 Å². The fourth-order valence-corrected chi connectivity index (χ4v) is 2.57. The molecule has 0 aliphatic rings. The molecule has 0 atom stereocenters. The van der Waals surface area contributed by atoms with Gasteiger partial charge in [-0.3, -0.25) is 9.97 Å². The van der Waals surface area contributed by atoms with Gasteiger partial charge in [-0.1, -0.05) is 12.1 Å². The van der Waals surface area contributed by atoms with E-state index < -0.39 is 0 Å². The highest BCUT2D eigenvalue weighted by molar-refractivity contribution is 5.91. The minimum absolute atomic E-state index is 0.282. The topological polar surface area (TPSA) is 101 Å². The van der Waals surface area contributed by atoms with E-state index in [0.717, 1.165) is 11.1 Å². The lowest BCUT2D eigenvalue weighted by atomic mass is 10.1. The average Bonchev–Trinajstić information content (AvgIpc) is 2.73. The molecule has 8 nitrogen and oxygen atoms in total. The highest BCUT2D eigenvalue weighted by atomic mass is 16.5. The van der Waals surface area contributed by atoms with Crippen LogP contribution in [0.15, 0.2) is 55.1 Å². The van der Waals surface area contributed by atoms with Crippen molar-refractivity contribution < 1.29 is 9.53 Å². The Balaban J connectivity index is 1.76. The lowest BCUT2D eigenvalue weighted by Gasteiger charge is -2.12. The maximum Gasteiger partial charge on any atom is 0.319 e. The smallest absolute Gasteiger partial charge is 0.319 e. The highest BCUT2D eigenvalue weighted by Crippen LogP contribution is 2.30. The van der Waals surface area contributed by atoms with E-state index in [1.807, 2.05) is 31.2 Å². The van der Waals surface area contributed by atoms with Crippen LogP contribution in [0.25, 0.3) is 11.3 Å². The Labute approximate surface area is 163 Å². The van der Waals surface area contributed by atoms with E-state index in [-0.39, 0.29) is 6.03 Å². The van der Waals surface area contributed by atoms with E-state index in [4.69, 9.17) is 4.74 Å². The Kier molecular flexibility index (Phi) is 6.35. The molecule has 0 aliphatic carbocycles. The number of hydrogen-bond acceptors (Lipinski definition) is 6. The number of methoxy groups -OCH3 is 1. The third-order valence-electron chi connectivity index (χ3n) is 3.91. The standard InChI is InChI=1S/C20H22N6O2/c1-3-23-20(27)26-16-7-6-15(9-18(16)28-2)17-12-22-13-19(25-17)24-11-14-5-4-8-21-10-14/h4-10,12-13H,3,11H2,1-2H3,(H,24,25)(H2,23,26,27). The Hall–Kier alpha value is -3.68. The predicted molar refractivity (Wildman–Crippen MR) is 108 cm³/mol. The second kappa shape index (κ2) is 9.31. The summed E-state index contributed by atoms with van der Waals surface area (Å²) in [5.41, 5.74) is 3.16. The number of rotatable bonds is 7. The molecule has 2 aromatic heterocycles. The maximum atomic E-state index is 11.8. The van der Waals surface area contributed by atoms with Crippen LogP contribution in [0, 0.1) is 0 Å². The molecule has 0 saturated heterocycles. The molecule has 3 rings (SSSR count). The lowest BCUT2D eigenvalue weighted by molar-refractivity contribution is 0.252. The summed E-state index contributed by atoms with van der Waals surface area (Å²) in [7, 11) is 1.56. The Morgan fingerprint density at radius 1 is 1.14 bits per heavy atom. The normalized spacial score (nSPS) is 10.2. The van der Waals surface area contributed by atoms with Crippen molar-refractivity contribution in [1.82, 2.24) is 20.3 Å². The van der Waals surface area contributed by atoms with Crippen molar-refractivity contribution in [2.75, 3.05) is 24.3 Å². The first-order chi connectivity index (χ1) is 13.7. The molecule has 1 aromatic carbocycles. The van der Waals surface area contributed by atoms with Gasteiger partial charge in [-0.25, -0.2) is 9.78 Å². The second-order valence-electron chi connectivity index (χ2n) is 5.90. The minimum atomic E-state index is -0.282. The van der Waals surface area contributed by atoms with Gasteiger partial charge in [0.05, 0.1) is 30.9 Å². The average molecular weight is 378 g/mol. The van der Waals surface area contributed by atoms with E-state index >= 15 is 0 Å². The predicted octanol–water partition coefficient (Wildman–Crippen LogP) is 3.30. The number of carbonyl (C=O) groups excluding carboxylic acids is 1. The number of ether oxygens (including phenoxy) is 1. The van der Waals surface area contributed by atoms with Crippen LogP contribution in [0.5, 0.6) is 5.75 Å². The molecular formula is C20H22N6O2. The summed E-state index contributed by atoms with van der Waals surface area (Å²) in [5.74, 6) is 1.20. The van der Waals surface area contributed by atoms with Crippen molar-refractivity contribution >= 4 is 17.5 Å². The van der Waals surface area contributed by atoms with Crippen LogP contribution in [-0.4, -0.2) is 34.6 Å². The molecule has 8 heteroatoms. The fourth-order valence-electron chi connectivity index (χ4n) is 2.57.